The summed E-state index contributed by atoms with van der Waals surface area (Å²) < 4.78 is 60.9. The number of amides is 3. The van der Waals surface area contributed by atoms with Crippen LogP contribution in [0, 0.1) is 23.7 Å². The number of morpholine rings is 1. The van der Waals surface area contributed by atoms with Crippen molar-refractivity contribution >= 4 is 45.8 Å². The molecule has 4 aromatic heterocycles. The number of piperidine rings is 2. The average Bonchev–Trinajstić information content (AvgIpc) is 3.69. The standard InChI is InChI=1S/C47H54F3N11O5/c1-57-43-30(4-2-6-33(43)41(55-57)34-13-14-40(62)54-46(34)63)5-3-20-66-38-15-17-58(26-36(38)48)24-29-9-11-31(12-10-29)61-27-37(42(56-61)44(49)50)52-47(64)35-23-51-60-18-16-39(53-45(35)60)59-19-21-65-32(25-59)22-28-7-8-28/h2,4,6,16,18,23,27-29,31-32,34,36,38,44H,7-15,17,19-22,24-26H2,1H3,(H,52,64)(H,54,62,63)/t29?,31?,32-,34?,36-,38+/m0/s1. The van der Waals surface area contributed by atoms with Gasteiger partial charge in [0.1, 0.15) is 24.2 Å². The number of para-hydroxylation sites is 1. The summed E-state index contributed by atoms with van der Waals surface area (Å²) >= 11 is 0. The topological polar surface area (TPSA) is 166 Å². The summed E-state index contributed by atoms with van der Waals surface area (Å²) in [5.74, 6) is 6.22. The first-order chi connectivity index (χ1) is 32.0. The van der Waals surface area contributed by atoms with Crippen LogP contribution >= 0.6 is 0 Å². The highest BCUT2D eigenvalue weighted by Crippen LogP contribution is 2.37. The van der Waals surface area contributed by atoms with Gasteiger partial charge in [-0.3, -0.25) is 34.0 Å². The molecule has 3 saturated heterocycles. The van der Waals surface area contributed by atoms with Crippen molar-refractivity contribution in [1.29, 1.82) is 0 Å². The Morgan fingerprint density at radius 1 is 1.03 bits per heavy atom. The number of hydrogen-bond acceptors (Lipinski definition) is 11. The minimum Gasteiger partial charge on any atom is -0.375 e. The van der Waals surface area contributed by atoms with E-state index in [1.54, 1.807) is 22.6 Å². The molecular weight excluding hydrogens is 856 g/mol. The Kier molecular flexibility index (Phi) is 12.5. The molecule has 66 heavy (non-hydrogen) atoms. The van der Waals surface area contributed by atoms with Crippen molar-refractivity contribution in [3.63, 3.8) is 0 Å². The second-order valence-corrected chi connectivity index (χ2v) is 18.5. The van der Waals surface area contributed by atoms with Gasteiger partial charge >= 0.3 is 0 Å². The van der Waals surface area contributed by atoms with E-state index in [-0.39, 0.29) is 54.8 Å². The molecule has 0 bridgehead atoms. The monoisotopic (exact) mass is 909 g/mol. The van der Waals surface area contributed by atoms with Crippen LogP contribution in [0.5, 0.6) is 0 Å². The van der Waals surface area contributed by atoms with E-state index in [9.17, 15) is 23.2 Å². The van der Waals surface area contributed by atoms with E-state index in [4.69, 9.17) is 14.5 Å². The lowest BCUT2D eigenvalue weighted by atomic mass is 9.85. The molecule has 2 saturated carbocycles. The molecule has 0 radical (unpaired) electrons. The third-order valence-corrected chi connectivity index (χ3v) is 13.9. The maximum Gasteiger partial charge on any atom is 0.284 e. The Balaban J connectivity index is 0.702. The van der Waals surface area contributed by atoms with E-state index in [2.05, 4.69) is 47.6 Å². The molecule has 5 fully saturated rings. The molecule has 348 valence electrons. The number of carbonyl (C=O) groups excluding carboxylic acids is 3. The van der Waals surface area contributed by atoms with Crippen LogP contribution in [0.25, 0.3) is 16.6 Å². The number of ether oxygens (including phenoxy) is 2. The quantitative estimate of drug-likeness (QED) is 0.116. The molecule has 0 spiro atoms. The van der Waals surface area contributed by atoms with Crippen molar-refractivity contribution < 1.29 is 37.0 Å². The van der Waals surface area contributed by atoms with Crippen LogP contribution < -0.4 is 15.5 Å². The summed E-state index contributed by atoms with van der Waals surface area (Å²) in [5.41, 5.74) is 2.09. The van der Waals surface area contributed by atoms with Gasteiger partial charge in [-0.2, -0.15) is 15.3 Å². The van der Waals surface area contributed by atoms with Crippen molar-refractivity contribution in [2.75, 3.05) is 56.2 Å². The van der Waals surface area contributed by atoms with Gasteiger partial charge in [0, 0.05) is 64.0 Å². The first-order valence-corrected chi connectivity index (χ1v) is 23.2. The lowest BCUT2D eigenvalue weighted by Gasteiger charge is -2.38. The molecule has 5 aliphatic rings. The molecule has 5 aromatic rings. The van der Waals surface area contributed by atoms with Crippen LogP contribution in [-0.2, 0) is 26.1 Å². The molecule has 2 aliphatic carbocycles. The molecule has 1 aromatic carbocycles. The summed E-state index contributed by atoms with van der Waals surface area (Å²) in [4.78, 5) is 47.0. The van der Waals surface area contributed by atoms with E-state index in [1.807, 2.05) is 24.3 Å². The maximum absolute atomic E-state index is 15.5. The SMILES string of the molecule is Cn1nc(C2CCC(=O)NC2=O)c2cccc(C#CCO[C@@H]3CCN(CC4CCC(n5cc(NC(=O)c6cnn7ccc(N8CCO[C@@H](CC9CC9)C8)nc67)c(C(F)F)n5)CC4)C[C@@H]3F)c21. The molecule has 16 nitrogen and oxygen atoms in total. The van der Waals surface area contributed by atoms with E-state index in [1.165, 1.54) is 29.8 Å². The predicted molar refractivity (Wildman–Crippen MR) is 237 cm³/mol. The van der Waals surface area contributed by atoms with E-state index in [0.29, 0.717) is 80.6 Å². The zero-order valence-corrected chi connectivity index (χ0v) is 36.9. The second kappa shape index (κ2) is 18.8. The third kappa shape index (κ3) is 9.40. The van der Waals surface area contributed by atoms with Gasteiger partial charge in [-0.05, 0) is 68.9 Å². The first-order valence-electron chi connectivity index (χ1n) is 23.2. The minimum atomic E-state index is -2.90. The number of hydrogen-bond donors (Lipinski definition) is 2. The van der Waals surface area contributed by atoms with Crippen LogP contribution in [0.1, 0.15) is 110 Å². The molecule has 7 heterocycles. The van der Waals surface area contributed by atoms with Crippen molar-refractivity contribution in [2.45, 2.75) is 101 Å². The summed E-state index contributed by atoms with van der Waals surface area (Å²) in [6, 6.07) is 7.37. The normalized spacial score (nSPS) is 25.3. The Hall–Kier alpha value is -5.84. The number of alkyl halides is 3. The molecule has 1 unspecified atom stereocenters. The fraction of sp³-hybridized carbons (Fsp3) is 0.553. The van der Waals surface area contributed by atoms with Gasteiger partial charge in [0.25, 0.3) is 12.3 Å². The van der Waals surface area contributed by atoms with Crippen LogP contribution in [0.3, 0.4) is 0 Å². The summed E-state index contributed by atoms with van der Waals surface area (Å²) in [6.45, 7) is 3.73. The van der Waals surface area contributed by atoms with E-state index in [0.717, 1.165) is 42.6 Å². The number of benzene rings is 1. The van der Waals surface area contributed by atoms with Crippen LogP contribution in [0.15, 0.2) is 42.9 Å². The minimum absolute atomic E-state index is 0.0415. The number of anilines is 2. The number of aryl methyl sites for hydroxylation is 1. The Labute approximate surface area is 379 Å². The van der Waals surface area contributed by atoms with E-state index < -0.39 is 36.2 Å². The number of nitrogens with one attached hydrogen (secondary N) is 2. The van der Waals surface area contributed by atoms with Gasteiger partial charge < -0.3 is 19.7 Å². The van der Waals surface area contributed by atoms with Crippen LogP contribution in [0.2, 0.25) is 0 Å². The third-order valence-electron chi connectivity index (χ3n) is 13.9. The molecule has 3 aliphatic heterocycles. The zero-order chi connectivity index (χ0) is 45.5. The predicted octanol–water partition coefficient (Wildman–Crippen LogP) is 5.74. The number of fused-ring (bicyclic) bond motifs is 2. The van der Waals surface area contributed by atoms with Crippen molar-refractivity contribution in [3.05, 3.63) is 65.4 Å². The number of nitrogens with zero attached hydrogens (tertiary/aromatic N) is 9. The lowest BCUT2D eigenvalue weighted by Crippen LogP contribution is -2.47. The van der Waals surface area contributed by atoms with E-state index >= 15 is 4.39 Å². The molecule has 4 atom stereocenters. The van der Waals surface area contributed by atoms with Gasteiger partial charge in [0.15, 0.2) is 11.3 Å². The highest BCUT2D eigenvalue weighted by molar-refractivity contribution is 6.08. The van der Waals surface area contributed by atoms with Gasteiger partial charge in [0.2, 0.25) is 11.8 Å². The van der Waals surface area contributed by atoms with Gasteiger partial charge in [-0.25, -0.2) is 22.7 Å². The zero-order valence-electron chi connectivity index (χ0n) is 36.9. The van der Waals surface area contributed by atoms with Crippen LogP contribution in [0.4, 0.5) is 24.7 Å². The molecule has 2 N–H and O–H groups in total. The Morgan fingerprint density at radius 3 is 2.65 bits per heavy atom. The van der Waals surface area contributed by atoms with Crippen LogP contribution in [-0.4, -0.2) is 121 Å². The Morgan fingerprint density at radius 2 is 1.86 bits per heavy atom. The second-order valence-electron chi connectivity index (χ2n) is 18.5. The number of likely N-dealkylation sites (tertiary alicyclic amines) is 1. The number of imide groups is 1. The lowest BCUT2D eigenvalue weighted by molar-refractivity contribution is -0.134. The highest BCUT2D eigenvalue weighted by atomic mass is 19.3. The smallest absolute Gasteiger partial charge is 0.284 e. The fourth-order valence-corrected chi connectivity index (χ4v) is 10.2. The summed E-state index contributed by atoms with van der Waals surface area (Å²) in [6.07, 6.45) is 7.98. The number of rotatable bonds is 12. The molecular formula is C47H54F3N11O5. The first kappa shape index (κ1) is 44.0. The van der Waals surface area contributed by atoms with Crippen molar-refractivity contribution in [2.24, 2.45) is 18.9 Å². The fourth-order valence-electron chi connectivity index (χ4n) is 10.2. The number of carbonyl (C=O) groups is 3. The molecule has 19 heteroatoms. The number of halogens is 3. The van der Waals surface area contributed by atoms with Gasteiger partial charge in [-0.1, -0.05) is 36.8 Å². The number of aromatic nitrogens is 7. The summed E-state index contributed by atoms with van der Waals surface area (Å²) in [5, 5.41) is 19.1. The maximum atomic E-state index is 15.5. The van der Waals surface area contributed by atoms with Gasteiger partial charge in [0.05, 0.1) is 59.4 Å². The van der Waals surface area contributed by atoms with Gasteiger partial charge in [-0.15, -0.1) is 0 Å². The largest absolute Gasteiger partial charge is 0.375 e. The highest BCUT2D eigenvalue weighted by Gasteiger charge is 2.35. The molecule has 3 amide bonds. The molecule has 10 rings (SSSR count). The van der Waals surface area contributed by atoms with Crippen molar-refractivity contribution in [3.8, 4) is 11.8 Å². The average molecular weight is 910 g/mol. The van der Waals surface area contributed by atoms with Crippen molar-refractivity contribution in [1.82, 2.24) is 44.4 Å². The summed E-state index contributed by atoms with van der Waals surface area (Å²) in [7, 11) is 1.80. The Bertz CT molecular complexity index is 2680.